The van der Waals surface area contributed by atoms with Gasteiger partial charge in [0, 0.05) is 0 Å². The number of carbonyl (C=O) groups is 1. The number of rotatable bonds is 4. The smallest absolute Gasteiger partial charge is 0.306 e. The molecule has 0 saturated heterocycles. The molecule has 0 heterocycles. The summed E-state index contributed by atoms with van der Waals surface area (Å²) in [7, 11) is 0. The minimum absolute atomic E-state index is 0.295. The maximum atomic E-state index is 10.4. The van der Waals surface area contributed by atoms with E-state index in [9.17, 15) is 9.90 Å². The Hall–Kier alpha value is -1.61. The second-order valence-corrected chi connectivity index (χ2v) is 3.67. The first kappa shape index (κ1) is 11.5. The fourth-order valence-electron chi connectivity index (χ4n) is 1.20. The number of carboxylic acids is 1. The fraction of sp³-hybridized carbons (Fsp3) is 0.250. The van der Waals surface area contributed by atoms with Crippen molar-refractivity contribution in [3.63, 3.8) is 0 Å². The molecule has 1 aromatic rings. The Morgan fingerprint density at radius 3 is 2.53 bits per heavy atom. The lowest BCUT2D eigenvalue weighted by molar-refractivity contribution is -0.140. The Bertz CT molecular complexity index is 352. The number of hydrogen-bond acceptors (Lipinski definition) is 2. The van der Waals surface area contributed by atoms with E-state index in [1.807, 2.05) is 30.3 Å². The Kier molecular flexibility index (Phi) is 3.63. The summed E-state index contributed by atoms with van der Waals surface area (Å²) in [4.78, 5) is 10.4. The summed E-state index contributed by atoms with van der Waals surface area (Å²) in [6.07, 6.45) is 2.91. The van der Waals surface area contributed by atoms with E-state index >= 15 is 0 Å². The van der Waals surface area contributed by atoms with Gasteiger partial charge in [-0.3, -0.25) is 4.79 Å². The molecule has 0 aliphatic carbocycles. The van der Waals surface area contributed by atoms with Gasteiger partial charge in [0.05, 0.1) is 12.0 Å². The fourth-order valence-corrected chi connectivity index (χ4v) is 1.20. The van der Waals surface area contributed by atoms with E-state index in [2.05, 4.69) is 0 Å². The Balaban J connectivity index is 2.68. The molecule has 0 aromatic heterocycles. The molecule has 0 radical (unpaired) electrons. The van der Waals surface area contributed by atoms with Gasteiger partial charge in [-0.2, -0.15) is 0 Å². The van der Waals surface area contributed by atoms with E-state index in [1.165, 1.54) is 13.0 Å². The average molecular weight is 206 g/mol. The van der Waals surface area contributed by atoms with Gasteiger partial charge in [-0.25, -0.2) is 0 Å². The van der Waals surface area contributed by atoms with Crippen molar-refractivity contribution in [3.05, 3.63) is 42.0 Å². The highest BCUT2D eigenvalue weighted by Crippen LogP contribution is 2.13. The zero-order valence-corrected chi connectivity index (χ0v) is 8.55. The van der Waals surface area contributed by atoms with Crippen LogP contribution in [0.15, 0.2) is 36.4 Å². The highest BCUT2D eigenvalue weighted by atomic mass is 16.4. The van der Waals surface area contributed by atoms with Gasteiger partial charge in [0.2, 0.25) is 0 Å². The number of aliphatic carboxylic acids is 1. The molecule has 0 amide bonds. The molecule has 3 nitrogen and oxygen atoms in total. The van der Waals surface area contributed by atoms with Gasteiger partial charge in [0.25, 0.3) is 0 Å². The minimum atomic E-state index is -1.30. The summed E-state index contributed by atoms with van der Waals surface area (Å²) in [5.41, 5.74) is -0.370. The minimum Gasteiger partial charge on any atom is -0.481 e. The number of hydrogen-bond donors (Lipinski definition) is 2. The van der Waals surface area contributed by atoms with Crippen molar-refractivity contribution in [1.29, 1.82) is 0 Å². The second-order valence-electron chi connectivity index (χ2n) is 3.67. The molecule has 1 aromatic carbocycles. The molecule has 1 atom stereocenters. The standard InChI is InChI=1S/C12H14O3/c1-12(15,9-11(13)14)8-7-10-5-3-2-4-6-10/h2-8,15H,9H2,1H3,(H,13,14). The Labute approximate surface area is 88.7 Å². The molecular weight excluding hydrogens is 192 g/mol. The lowest BCUT2D eigenvalue weighted by Crippen LogP contribution is -2.24. The third-order valence-corrected chi connectivity index (χ3v) is 1.94. The van der Waals surface area contributed by atoms with E-state index in [0.29, 0.717) is 0 Å². The maximum absolute atomic E-state index is 10.4. The maximum Gasteiger partial charge on any atom is 0.306 e. The van der Waals surface area contributed by atoms with Crippen LogP contribution in [-0.4, -0.2) is 21.8 Å². The molecule has 0 aliphatic rings. The average Bonchev–Trinajstić information content (AvgIpc) is 2.15. The van der Waals surface area contributed by atoms with E-state index in [-0.39, 0.29) is 6.42 Å². The Morgan fingerprint density at radius 1 is 1.40 bits per heavy atom. The van der Waals surface area contributed by atoms with Crippen molar-refractivity contribution in [2.75, 3.05) is 0 Å². The number of aliphatic hydroxyl groups is 1. The van der Waals surface area contributed by atoms with Crippen LogP contribution in [0.25, 0.3) is 6.08 Å². The molecule has 0 spiro atoms. The zero-order chi connectivity index (χ0) is 11.3. The summed E-state index contributed by atoms with van der Waals surface area (Å²) in [5, 5.41) is 18.2. The normalized spacial score (nSPS) is 15.1. The molecule has 0 bridgehead atoms. The van der Waals surface area contributed by atoms with Crippen LogP contribution < -0.4 is 0 Å². The van der Waals surface area contributed by atoms with E-state index in [1.54, 1.807) is 6.08 Å². The van der Waals surface area contributed by atoms with Gasteiger partial charge in [-0.15, -0.1) is 0 Å². The van der Waals surface area contributed by atoms with Gasteiger partial charge in [0.1, 0.15) is 0 Å². The topological polar surface area (TPSA) is 57.5 Å². The summed E-state index contributed by atoms with van der Waals surface area (Å²) in [6.45, 7) is 1.47. The van der Waals surface area contributed by atoms with E-state index in [0.717, 1.165) is 5.56 Å². The van der Waals surface area contributed by atoms with Crippen LogP contribution in [0.5, 0.6) is 0 Å². The molecule has 1 unspecified atom stereocenters. The van der Waals surface area contributed by atoms with Crippen LogP contribution >= 0.6 is 0 Å². The van der Waals surface area contributed by atoms with Gasteiger partial charge in [0.15, 0.2) is 0 Å². The summed E-state index contributed by atoms with van der Waals surface area (Å²) >= 11 is 0. The van der Waals surface area contributed by atoms with Crippen molar-refractivity contribution in [3.8, 4) is 0 Å². The van der Waals surface area contributed by atoms with E-state index in [4.69, 9.17) is 5.11 Å². The third kappa shape index (κ3) is 4.42. The predicted molar refractivity (Wildman–Crippen MR) is 58.4 cm³/mol. The number of benzene rings is 1. The van der Waals surface area contributed by atoms with Crippen LogP contribution in [0.1, 0.15) is 18.9 Å². The zero-order valence-electron chi connectivity index (χ0n) is 8.55. The van der Waals surface area contributed by atoms with Crippen LogP contribution in [0.3, 0.4) is 0 Å². The first-order valence-electron chi connectivity index (χ1n) is 4.68. The largest absolute Gasteiger partial charge is 0.481 e. The number of carboxylic acid groups (broad SMARTS) is 1. The molecule has 3 heteroatoms. The SMILES string of the molecule is CC(O)(C=Cc1ccccc1)CC(=O)O. The second kappa shape index (κ2) is 4.75. The lowest BCUT2D eigenvalue weighted by Gasteiger charge is -2.15. The van der Waals surface area contributed by atoms with Crippen LogP contribution in [0.4, 0.5) is 0 Å². The van der Waals surface area contributed by atoms with Crippen molar-refractivity contribution in [1.82, 2.24) is 0 Å². The van der Waals surface area contributed by atoms with Crippen molar-refractivity contribution in [2.45, 2.75) is 18.9 Å². The van der Waals surface area contributed by atoms with Gasteiger partial charge in [-0.05, 0) is 12.5 Å². The van der Waals surface area contributed by atoms with Crippen molar-refractivity contribution in [2.24, 2.45) is 0 Å². The summed E-state index contributed by atoms with van der Waals surface area (Å²) < 4.78 is 0. The monoisotopic (exact) mass is 206 g/mol. The molecule has 0 saturated carbocycles. The Morgan fingerprint density at radius 2 is 2.00 bits per heavy atom. The van der Waals surface area contributed by atoms with Gasteiger partial charge < -0.3 is 10.2 Å². The summed E-state index contributed by atoms with van der Waals surface area (Å²) in [5.74, 6) is -1.02. The molecule has 15 heavy (non-hydrogen) atoms. The van der Waals surface area contributed by atoms with Crippen molar-refractivity contribution < 1.29 is 15.0 Å². The van der Waals surface area contributed by atoms with Gasteiger partial charge in [-0.1, -0.05) is 42.5 Å². The van der Waals surface area contributed by atoms with Crippen LogP contribution in [0.2, 0.25) is 0 Å². The highest BCUT2D eigenvalue weighted by Gasteiger charge is 2.20. The van der Waals surface area contributed by atoms with Crippen LogP contribution in [0, 0.1) is 0 Å². The molecule has 0 fully saturated rings. The highest BCUT2D eigenvalue weighted by molar-refractivity contribution is 5.69. The van der Waals surface area contributed by atoms with Crippen molar-refractivity contribution >= 4 is 12.0 Å². The first-order chi connectivity index (χ1) is 6.99. The molecule has 80 valence electrons. The van der Waals surface area contributed by atoms with Gasteiger partial charge >= 0.3 is 5.97 Å². The third-order valence-electron chi connectivity index (χ3n) is 1.94. The molecule has 0 aliphatic heterocycles. The summed E-state index contributed by atoms with van der Waals surface area (Å²) in [6, 6.07) is 9.42. The quantitative estimate of drug-likeness (QED) is 0.791. The lowest BCUT2D eigenvalue weighted by atomic mass is 10.0. The molecule has 2 N–H and O–H groups in total. The van der Waals surface area contributed by atoms with Crippen LogP contribution in [-0.2, 0) is 4.79 Å². The predicted octanol–water partition coefficient (Wildman–Crippen LogP) is 1.93. The molecular formula is C12H14O3. The first-order valence-corrected chi connectivity index (χ1v) is 4.68. The van der Waals surface area contributed by atoms with E-state index < -0.39 is 11.6 Å². The molecule has 1 rings (SSSR count).